The van der Waals surface area contributed by atoms with E-state index in [1.165, 1.54) is 4.90 Å². The van der Waals surface area contributed by atoms with Gasteiger partial charge in [-0.25, -0.2) is 0 Å². The smallest absolute Gasteiger partial charge is 0.0931 e. The first-order chi connectivity index (χ1) is 7.40. The van der Waals surface area contributed by atoms with E-state index in [0.717, 1.165) is 29.9 Å². The van der Waals surface area contributed by atoms with Crippen LogP contribution in [0.2, 0.25) is 0 Å². The van der Waals surface area contributed by atoms with Crippen LogP contribution < -0.4 is 0 Å². The molecule has 0 amide bonds. The van der Waals surface area contributed by atoms with Crippen molar-refractivity contribution in [3.8, 4) is 0 Å². The van der Waals surface area contributed by atoms with E-state index in [0.29, 0.717) is 0 Å². The zero-order valence-electron chi connectivity index (χ0n) is 8.39. The van der Waals surface area contributed by atoms with Crippen molar-refractivity contribution < 1.29 is 5.21 Å². The lowest BCUT2D eigenvalue weighted by Gasteiger charge is -2.13. The van der Waals surface area contributed by atoms with Crippen molar-refractivity contribution in [2.45, 2.75) is 24.2 Å². The Morgan fingerprint density at radius 2 is 2.00 bits per heavy atom. The summed E-state index contributed by atoms with van der Waals surface area (Å²) in [6.07, 6.45) is 5.19. The van der Waals surface area contributed by atoms with E-state index in [9.17, 15) is 0 Å². The minimum Gasteiger partial charge on any atom is -0.411 e. The average molecular weight is 219 g/mol. The number of benzene rings is 1. The van der Waals surface area contributed by atoms with Crippen LogP contribution in [0.25, 0.3) is 0 Å². The number of hydrogen-bond acceptors (Lipinski definition) is 3. The van der Waals surface area contributed by atoms with E-state index >= 15 is 0 Å². The standard InChI is InChI=1S/C12H13NOS/c14-13-11-8-4-5-9-12(11)15-10-6-2-1-3-7-10/h1-3,6-7,9,14H,4-5,8H2/b13-11+. The maximum atomic E-state index is 8.87. The summed E-state index contributed by atoms with van der Waals surface area (Å²) in [6.45, 7) is 0. The molecule has 1 N–H and O–H groups in total. The monoisotopic (exact) mass is 219 g/mol. The molecule has 0 unspecified atom stereocenters. The second-order valence-electron chi connectivity index (χ2n) is 3.42. The molecule has 1 aliphatic rings. The molecule has 0 heterocycles. The minimum atomic E-state index is 0.815. The lowest BCUT2D eigenvalue weighted by atomic mass is 10.1. The molecular weight excluding hydrogens is 206 g/mol. The molecule has 0 saturated heterocycles. The van der Waals surface area contributed by atoms with Crippen LogP contribution in [-0.2, 0) is 0 Å². The van der Waals surface area contributed by atoms with Crippen molar-refractivity contribution in [3.05, 3.63) is 41.3 Å². The molecule has 3 heteroatoms. The van der Waals surface area contributed by atoms with Gasteiger partial charge in [0.15, 0.2) is 0 Å². The fraction of sp³-hybridized carbons (Fsp3) is 0.250. The van der Waals surface area contributed by atoms with Crippen LogP contribution in [0.4, 0.5) is 0 Å². The van der Waals surface area contributed by atoms with Crippen LogP contribution in [0.3, 0.4) is 0 Å². The highest BCUT2D eigenvalue weighted by Crippen LogP contribution is 2.31. The summed E-state index contributed by atoms with van der Waals surface area (Å²) in [5.74, 6) is 0. The SMILES string of the molecule is O/N=C1\CCCC=C1Sc1ccccc1. The van der Waals surface area contributed by atoms with Gasteiger partial charge in [0.1, 0.15) is 0 Å². The van der Waals surface area contributed by atoms with Gasteiger partial charge in [0.05, 0.1) is 5.71 Å². The van der Waals surface area contributed by atoms with Gasteiger partial charge in [-0.15, -0.1) is 0 Å². The highest BCUT2D eigenvalue weighted by atomic mass is 32.2. The molecule has 0 aliphatic heterocycles. The number of hydrogen-bond donors (Lipinski definition) is 1. The number of rotatable bonds is 2. The molecule has 0 saturated carbocycles. The fourth-order valence-electron chi connectivity index (χ4n) is 1.56. The Morgan fingerprint density at radius 3 is 2.73 bits per heavy atom. The molecule has 1 aromatic rings. The van der Waals surface area contributed by atoms with E-state index in [1.807, 2.05) is 18.2 Å². The van der Waals surface area contributed by atoms with Crippen molar-refractivity contribution in [1.82, 2.24) is 0 Å². The summed E-state index contributed by atoms with van der Waals surface area (Å²) in [7, 11) is 0. The Kier molecular flexibility index (Phi) is 3.45. The third kappa shape index (κ3) is 2.63. The molecule has 1 aliphatic carbocycles. The Hall–Kier alpha value is -1.22. The molecule has 78 valence electrons. The predicted molar refractivity (Wildman–Crippen MR) is 63.5 cm³/mol. The lowest BCUT2D eigenvalue weighted by Crippen LogP contribution is -2.04. The maximum Gasteiger partial charge on any atom is 0.0931 e. The maximum absolute atomic E-state index is 8.87. The largest absolute Gasteiger partial charge is 0.411 e. The first-order valence-electron chi connectivity index (χ1n) is 5.04. The zero-order valence-corrected chi connectivity index (χ0v) is 9.20. The van der Waals surface area contributed by atoms with E-state index in [4.69, 9.17) is 5.21 Å². The van der Waals surface area contributed by atoms with Gasteiger partial charge in [-0.3, -0.25) is 0 Å². The Morgan fingerprint density at radius 1 is 1.20 bits per heavy atom. The predicted octanol–water partition coefficient (Wildman–Crippen LogP) is 3.68. The van der Waals surface area contributed by atoms with Gasteiger partial charge < -0.3 is 5.21 Å². The first-order valence-corrected chi connectivity index (χ1v) is 5.86. The highest BCUT2D eigenvalue weighted by molar-refractivity contribution is 8.04. The second-order valence-corrected chi connectivity index (χ2v) is 4.54. The van der Waals surface area contributed by atoms with Gasteiger partial charge in [-0.1, -0.05) is 41.2 Å². The van der Waals surface area contributed by atoms with Gasteiger partial charge in [-0.05, 0) is 31.4 Å². The van der Waals surface area contributed by atoms with Crippen molar-refractivity contribution >= 4 is 17.5 Å². The molecule has 0 bridgehead atoms. The highest BCUT2D eigenvalue weighted by Gasteiger charge is 2.13. The summed E-state index contributed by atoms with van der Waals surface area (Å²) in [5, 5.41) is 12.2. The molecule has 0 atom stereocenters. The summed E-state index contributed by atoms with van der Waals surface area (Å²) in [6, 6.07) is 10.2. The van der Waals surface area contributed by atoms with Crippen LogP contribution in [0.5, 0.6) is 0 Å². The Balaban J connectivity index is 2.14. The van der Waals surface area contributed by atoms with E-state index in [1.54, 1.807) is 11.8 Å². The van der Waals surface area contributed by atoms with E-state index < -0.39 is 0 Å². The molecule has 0 aromatic heterocycles. The van der Waals surface area contributed by atoms with Gasteiger partial charge >= 0.3 is 0 Å². The molecule has 0 spiro atoms. The topological polar surface area (TPSA) is 32.6 Å². The van der Waals surface area contributed by atoms with Crippen molar-refractivity contribution in [3.63, 3.8) is 0 Å². The van der Waals surface area contributed by atoms with Crippen LogP contribution in [0.15, 0.2) is 51.4 Å². The lowest BCUT2D eigenvalue weighted by molar-refractivity contribution is 0.317. The molecule has 0 fully saturated rings. The number of oxime groups is 1. The molecule has 0 radical (unpaired) electrons. The molecule has 1 aromatic carbocycles. The van der Waals surface area contributed by atoms with Gasteiger partial charge in [0.25, 0.3) is 0 Å². The molecular formula is C12H13NOS. The van der Waals surface area contributed by atoms with Crippen molar-refractivity contribution in [1.29, 1.82) is 0 Å². The zero-order chi connectivity index (χ0) is 10.5. The quantitative estimate of drug-likeness (QED) is 0.608. The molecule has 2 rings (SSSR count). The minimum absolute atomic E-state index is 0.815. The summed E-state index contributed by atoms with van der Waals surface area (Å²) in [4.78, 5) is 2.28. The summed E-state index contributed by atoms with van der Waals surface area (Å²) >= 11 is 1.67. The molecule has 2 nitrogen and oxygen atoms in total. The first kappa shape index (κ1) is 10.3. The van der Waals surface area contributed by atoms with Crippen molar-refractivity contribution in [2.24, 2.45) is 5.16 Å². The van der Waals surface area contributed by atoms with Crippen LogP contribution in [-0.4, -0.2) is 10.9 Å². The second kappa shape index (κ2) is 5.03. The Labute approximate surface area is 93.7 Å². The number of allylic oxidation sites excluding steroid dienone is 2. The number of thioether (sulfide) groups is 1. The van der Waals surface area contributed by atoms with Gasteiger partial charge in [-0.2, -0.15) is 0 Å². The molecule has 15 heavy (non-hydrogen) atoms. The van der Waals surface area contributed by atoms with E-state index in [-0.39, 0.29) is 0 Å². The number of nitrogens with zero attached hydrogens (tertiary/aromatic N) is 1. The van der Waals surface area contributed by atoms with Gasteiger partial charge in [0, 0.05) is 9.80 Å². The third-order valence-corrected chi connectivity index (χ3v) is 3.45. The van der Waals surface area contributed by atoms with Crippen LogP contribution in [0.1, 0.15) is 19.3 Å². The van der Waals surface area contributed by atoms with Crippen LogP contribution in [0, 0.1) is 0 Å². The summed E-state index contributed by atoms with van der Waals surface area (Å²) < 4.78 is 0. The van der Waals surface area contributed by atoms with Crippen LogP contribution >= 0.6 is 11.8 Å². The fourth-order valence-corrected chi connectivity index (χ4v) is 2.57. The third-order valence-electron chi connectivity index (χ3n) is 2.32. The van der Waals surface area contributed by atoms with Gasteiger partial charge in [0.2, 0.25) is 0 Å². The Bertz CT molecular complexity index is 384. The average Bonchev–Trinajstić information content (AvgIpc) is 2.31. The van der Waals surface area contributed by atoms with Crippen molar-refractivity contribution in [2.75, 3.05) is 0 Å². The van der Waals surface area contributed by atoms with E-state index in [2.05, 4.69) is 23.4 Å². The normalized spacial score (nSPS) is 18.9. The summed E-state index contributed by atoms with van der Waals surface area (Å²) in [5.41, 5.74) is 0.815.